The normalized spacial score (nSPS) is 10.6. The highest BCUT2D eigenvalue weighted by molar-refractivity contribution is 7.89. The zero-order chi connectivity index (χ0) is 14.5. The summed E-state index contributed by atoms with van der Waals surface area (Å²) in [5.41, 5.74) is 0. The molecule has 7 nitrogen and oxygen atoms in total. The zero-order valence-corrected chi connectivity index (χ0v) is 10.4. The lowest BCUT2D eigenvalue weighted by molar-refractivity contribution is -0.122. The van der Waals surface area contributed by atoms with E-state index in [1.54, 1.807) is 6.07 Å². The maximum Gasteiger partial charge on any atom is 0.258 e. The monoisotopic (exact) mass is 287 g/mol. The van der Waals surface area contributed by atoms with Gasteiger partial charge in [-0.05, 0) is 18.2 Å². The number of nitrogens with one attached hydrogen (secondary N) is 1. The van der Waals surface area contributed by atoms with Gasteiger partial charge in [-0.1, -0.05) is 0 Å². The molecule has 1 aromatic carbocycles. The minimum absolute atomic E-state index is 0.185. The van der Waals surface area contributed by atoms with E-state index >= 15 is 0 Å². The Morgan fingerprint density at radius 3 is 2.74 bits per heavy atom. The number of sulfonamides is 1. The van der Waals surface area contributed by atoms with Crippen LogP contribution in [0.1, 0.15) is 0 Å². The van der Waals surface area contributed by atoms with Crippen molar-refractivity contribution in [2.75, 3.05) is 13.2 Å². The number of carbonyl (C=O) groups excluding carboxylic acids is 1. The van der Waals surface area contributed by atoms with Gasteiger partial charge in [0.2, 0.25) is 10.0 Å². The Kier molecular flexibility index (Phi) is 4.80. The number of ether oxygens (including phenoxy) is 1. The van der Waals surface area contributed by atoms with E-state index in [0.717, 1.165) is 12.1 Å². The number of nitriles is 1. The molecule has 19 heavy (non-hydrogen) atoms. The molecule has 0 unspecified atom stereocenters. The molecule has 0 saturated heterocycles. The fourth-order valence-corrected chi connectivity index (χ4v) is 1.63. The first kappa shape index (κ1) is 14.9. The molecule has 3 N–H and O–H groups in total. The molecule has 0 radical (unpaired) electrons. The van der Waals surface area contributed by atoms with Crippen LogP contribution < -0.4 is 15.2 Å². The average molecular weight is 287 g/mol. The van der Waals surface area contributed by atoms with Crippen molar-refractivity contribution >= 4 is 15.9 Å². The van der Waals surface area contributed by atoms with Gasteiger partial charge in [-0.15, -0.1) is 0 Å². The number of rotatable bonds is 5. The van der Waals surface area contributed by atoms with Gasteiger partial charge in [-0.25, -0.2) is 17.9 Å². The van der Waals surface area contributed by atoms with E-state index in [4.69, 9.17) is 15.1 Å². The second-order valence-corrected chi connectivity index (χ2v) is 4.92. The highest BCUT2D eigenvalue weighted by Gasteiger charge is 2.13. The Morgan fingerprint density at radius 2 is 2.21 bits per heavy atom. The van der Waals surface area contributed by atoms with E-state index in [0.29, 0.717) is 6.07 Å². The van der Waals surface area contributed by atoms with Crippen LogP contribution in [0.15, 0.2) is 23.1 Å². The first-order valence-corrected chi connectivity index (χ1v) is 6.48. The molecule has 1 rings (SSSR count). The van der Waals surface area contributed by atoms with Crippen LogP contribution in [0.3, 0.4) is 0 Å². The predicted octanol–water partition coefficient (Wildman–Crippen LogP) is -0.508. The molecule has 1 amide bonds. The van der Waals surface area contributed by atoms with Crippen LogP contribution in [0, 0.1) is 17.1 Å². The molecule has 0 atom stereocenters. The number of benzene rings is 1. The molecule has 102 valence electrons. The lowest BCUT2D eigenvalue weighted by Crippen LogP contribution is -2.29. The van der Waals surface area contributed by atoms with Gasteiger partial charge < -0.3 is 10.1 Å². The molecular formula is C10H10FN3O4S. The standard InChI is InChI=1S/C10H10FN3O4S/c11-8-5-7(19(13,16)17)1-2-9(8)18-6-10(15)14-4-3-12/h1-2,5H,4,6H2,(H,14,15)(H2,13,16,17). The number of primary sulfonamides is 1. The van der Waals surface area contributed by atoms with E-state index < -0.39 is 33.3 Å². The second kappa shape index (κ2) is 6.12. The molecular weight excluding hydrogens is 277 g/mol. The van der Waals surface area contributed by atoms with E-state index in [1.807, 2.05) is 0 Å². The Balaban J connectivity index is 2.71. The molecule has 0 heterocycles. The maximum absolute atomic E-state index is 13.5. The number of halogens is 1. The van der Waals surface area contributed by atoms with Gasteiger partial charge >= 0.3 is 0 Å². The molecule has 0 aromatic heterocycles. The molecule has 0 saturated carbocycles. The Hall–Kier alpha value is -2.18. The minimum atomic E-state index is -4.00. The Bertz CT molecular complexity index is 624. The summed E-state index contributed by atoms with van der Waals surface area (Å²) in [7, 11) is -4.00. The summed E-state index contributed by atoms with van der Waals surface area (Å²) in [5.74, 6) is -1.85. The topological polar surface area (TPSA) is 122 Å². The van der Waals surface area contributed by atoms with E-state index in [9.17, 15) is 17.6 Å². The number of amides is 1. The first-order chi connectivity index (χ1) is 8.84. The number of hydrogen-bond acceptors (Lipinski definition) is 5. The van der Waals surface area contributed by atoms with Crippen molar-refractivity contribution in [3.8, 4) is 11.8 Å². The van der Waals surface area contributed by atoms with E-state index in [2.05, 4.69) is 5.32 Å². The molecule has 0 aliphatic heterocycles. The summed E-state index contributed by atoms with van der Waals surface area (Å²) in [6, 6.07) is 4.49. The molecule has 9 heteroatoms. The van der Waals surface area contributed by atoms with Crippen molar-refractivity contribution in [3.63, 3.8) is 0 Å². The number of nitrogens with two attached hydrogens (primary N) is 1. The van der Waals surface area contributed by atoms with Gasteiger partial charge in [-0.2, -0.15) is 5.26 Å². The molecule has 0 spiro atoms. The average Bonchev–Trinajstić information content (AvgIpc) is 2.33. The van der Waals surface area contributed by atoms with E-state index in [-0.39, 0.29) is 12.3 Å². The van der Waals surface area contributed by atoms with Crippen LogP contribution in [-0.2, 0) is 14.8 Å². The Morgan fingerprint density at radius 1 is 1.53 bits per heavy atom. The van der Waals surface area contributed by atoms with Crippen LogP contribution in [-0.4, -0.2) is 27.5 Å². The van der Waals surface area contributed by atoms with Crippen molar-refractivity contribution < 1.29 is 22.3 Å². The SMILES string of the molecule is N#CCNC(=O)COc1ccc(S(N)(=O)=O)cc1F. The van der Waals surface area contributed by atoms with Gasteiger partial charge in [0.15, 0.2) is 18.2 Å². The molecule has 0 aliphatic carbocycles. The van der Waals surface area contributed by atoms with Gasteiger partial charge in [0.05, 0.1) is 11.0 Å². The van der Waals surface area contributed by atoms with Gasteiger partial charge in [-0.3, -0.25) is 4.79 Å². The first-order valence-electron chi connectivity index (χ1n) is 4.93. The highest BCUT2D eigenvalue weighted by Crippen LogP contribution is 2.20. The van der Waals surface area contributed by atoms with Gasteiger partial charge in [0.25, 0.3) is 5.91 Å². The highest BCUT2D eigenvalue weighted by atomic mass is 32.2. The van der Waals surface area contributed by atoms with Gasteiger partial charge in [0, 0.05) is 0 Å². The van der Waals surface area contributed by atoms with Crippen molar-refractivity contribution in [2.45, 2.75) is 4.90 Å². The maximum atomic E-state index is 13.5. The summed E-state index contributed by atoms with van der Waals surface area (Å²) >= 11 is 0. The van der Waals surface area contributed by atoms with Crippen LogP contribution >= 0.6 is 0 Å². The largest absolute Gasteiger partial charge is 0.481 e. The number of nitrogens with zero attached hydrogens (tertiary/aromatic N) is 1. The van der Waals surface area contributed by atoms with Crippen molar-refractivity contribution in [2.24, 2.45) is 5.14 Å². The Labute approximate surface area is 108 Å². The lowest BCUT2D eigenvalue weighted by atomic mass is 10.3. The van der Waals surface area contributed by atoms with Crippen LogP contribution in [0.4, 0.5) is 4.39 Å². The molecule has 0 aliphatic rings. The summed E-state index contributed by atoms with van der Waals surface area (Å²) in [5, 5.41) is 15.2. The van der Waals surface area contributed by atoms with Crippen molar-refractivity contribution in [3.05, 3.63) is 24.0 Å². The lowest BCUT2D eigenvalue weighted by Gasteiger charge is -2.07. The minimum Gasteiger partial charge on any atom is -0.481 e. The van der Waals surface area contributed by atoms with Gasteiger partial charge in [0.1, 0.15) is 6.54 Å². The summed E-state index contributed by atoms with van der Waals surface area (Å²) in [4.78, 5) is 10.7. The van der Waals surface area contributed by atoms with Crippen LogP contribution in [0.5, 0.6) is 5.75 Å². The molecule has 0 fully saturated rings. The van der Waals surface area contributed by atoms with Crippen LogP contribution in [0.25, 0.3) is 0 Å². The zero-order valence-electron chi connectivity index (χ0n) is 9.59. The number of carbonyl (C=O) groups is 1. The second-order valence-electron chi connectivity index (χ2n) is 3.36. The third kappa shape index (κ3) is 4.53. The summed E-state index contributed by atoms with van der Waals surface area (Å²) in [6.45, 7) is -0.678. The predicted molar refractivity (Wildman–Crippen MR) is 61.9 cm³/mol. The molecule has 0 bridgehead atoms. The summed E-state index contributed by atoms with van der Waals surface area (Å²) in [6.07, 6.45) is 0. The van der Waals surface area contributed by atoms with Crippen molar-refractivity contribution in [1.82, 2.24) is 5.32 Å². The van der Waals surface area contributed by atoms with Crippen LogP contribution in [0.2, 0.25) is 0 Å². The quantitative estimate of drug-likeness (QED) is 0.706. The fourth-order valence-electron chi connectivity index (χ4n) is 1.11. The van der Waals surface area contributed by atoms with Crippen molar-refractivity contribution in [1.29, 1.82) is 5.26 Å². The smallest absolute Gasteiger partial charge is 0.258 e. The fraction of sp³-hybridized carbons (Fsp3) is 0.200. The summed E-state index contributed by atoms with van der Waals surface area (Å²) < 4.78 is 40.2. The third-order valence-corrected chi connectivity index (χ3v) is 2.87. The third-order valence-electron chi connectivity index (χ3n) is 1.96. The molecule has 1 aromatic rings. The van der Waals surface area contributed by atoms with E-state index in [1.165, 1.54) is 0 Å². The number of hydrogen-bond donors (Lipinski definition) is 2.